The van der Waals surface area contributed by atoms with Crippen molar-refractivity contribution in [2.45, 2.75) is 51.6 Å². The van der Waals surface area contributed by atoms with Crippen molar-refractivity contribution in [3.05, 3.63) is 0 Å². The van der Waals surface area contributed by atoms with E-state index in [4.69, 9.17) is 4.74 Å². The molecule has 2 aliphatic rings. The molecule has 0 spiro atoms. The minimum atomic E-state index is -0.743. The van der Waals surface area contributed by atoms with E-state index in [2.05, 4.69) is 18.7 Å². The zero-order valence-electron chi connectivity index (χ0n) is 10.8. The summed E-state index contributed by atoms with van der Waals surface area (Å²) >= 11 is 0. The molecular formula is C13H23NO3. The molecule has 98 valence electrons. The van der Waals surface area contributed by atoms with Gasteiger partial charge in [-0.3, -0.25) is 9.69 Å². The summed E-state index contributed by atoms with van der Waals surface area (Å²) in [6.45, 7) is 6.34. The van der Waals surface area contributed by atoms with E-state index in [1.54, 1.807) is 0 Å². The predicted molar refractivity (Wildman–Crippen MR) is 65.0 cm³/mol. The van der Waals surface area contributed by atoms with Crippen LogP contribution in [0.15, 0.2) is 0 Å². The third-order valence-corrected chi connectivity index (χ3v) is 4.10. The van der Waals surface area contributed by atoms with Gasteiger partial charge in [-0.05, 0) is 24.7 Å². The summed E-state index contributed by atoms with van der Waals surface area (Å²) in [6, 6.07) is -0.0219. The lowest BCUT2D eigenvalue weighted by molar-refractivity contribution is -0.153. The van der Waals surface area contributed by atoms with Crippen molar-refractivity contribution in [2.75, 3.05) is 19.8 Å². The van der Waals surface area contributed by atoms with Gasteiger partial charge in [-0.15, -0.1) is 0 Å². The normalized spacial score (nSPS) is 34.5. The summed E-state index contributed by atoms with van der Waals surface area (Å²) in [7, 11) is 0. The molecule has 0 aromatic rings. The molecule has 0 aromatic carbocycles. The van der Waals surface area contributed by atoms with Crippen LogP contribution in [0.5, 0.6) is 0 Å². The standard InChI is InChI=1S/C13H23NO3/c1-13(2)5-3-4-10(8-13)14-6-7-17-9-11(14)12(15)16/h10-11H,3-9H2,1-2H3,(H,15,16). The van der Waals surface area contributed by atoms with Gasteiger partial charge in [0.15, 0.2) is 0 Å². The van der Waals surface area contributed by atoms with E-state index in [0.29, 0.717) is 24.7 Å². The highest BCUT2D eigenvalue weighted by atomic mass is 16.5. The first-order valence-corrected chi connectivity index (χ1v) is 6.56. The third-order valence-electron chi connectivity index (χ3n) is 4.10. The van der Waals surface area contributed by atoms with Crippen molar-refractivity contribution in [3.63, 3.8) is 0 Å². The molecule has 4 heteroatoms. The SMILES string of the molecule is CC1(C)CCCC(N2CCOCC2C(=O)O)C1. The number of morpholine rings is 1. The number of rotatable bonds is 2. The van der Waals surface area contributed by atoms with E-state index in [0.717, 1.165) is 19.4 Å². The summed E-state index contributed by atoms with van der Waals surface area (Å²) in [5, 5.41) is 9.25. The van der Waals surface area contributed by atoms with Crippen LogP contribution in [0.25, 0.3) is 0 Å². The van der Waals surface area contributed by atoms with Crippen molar-refractivity contribution >= 4 is 5.97 Å². The fraction of sp³-hybridized carbons (Fsp3) is 0.923. The van der Waals surface area contributed by atoms with E-state index < -0.39 is 12.0 Å². The second-order valence-corrected chi connectivity index (χ2v) is 6.08. The Hall–Kier alpha value is -0.610. The molecule has 2 atom stereocenters. The zero-order chi connectivity index (χ0) is 12.5. The number of nitrogens with zero attached hydrogens (tertiary/aromatic N) is 1. The average molecular weight is 241 g/mol. The summed E-state index contributed by atoms with van der Waals surface area (Å²) in [6.07, 6.45) is 4.71. The van der Waals surface area contributed by atoms with Crippen molar-refractivity contribution in [2.24, 2.45) is 5.41 Å². The smallest absolute Gasteiger partial charge is 0.323 e. The second kappa shape index (κ2) is 4.94. The first kappa shape index (κ1) is 12.8. The molecule has 1 heterocycles. The molecule has 1 saturated heterocycles. The highest BCUT2D eigenvalue weighted by Crippen LogP contribution is 2.38. The fourth-order valence-corrected chi connectivity index (χ4v) is 3.21. The predicted octanol–water partition coefficient (Wildman–Crippen LogP) is 1.74. The Morgan fingerprint density at radius 2 is 2.24 bits per heavy atom. The number of hydrogen-bond acceptors (Lipinski definition) is 3. The van der Waals surface area contributed by atoms with Gasteiger partial charge in [-0.2, -0.15) is 0 Å². The maximum absolute atomic E-state index is 11.2. The molecular weight excluding hydrogens is 218 g/mol. The minimum Gasteiger partial charge on any atom is -0.480 e. The molecule has 2 unspecified atom stereocenters. The molecule has 2 rings (SSSR count). The second-order valence-electron chi connectivity index (χ2n) is 6.08. The summed E-state index contributed by atoms with van der Waals surface area (Å²) < 4.78 is 5.29. The van der Waals surface area contributed by atoms with Gasteiger partial charge in [0.1, 0.15) is 6.04 Å². The average Bonchev–Trinajstić information content (AvgIpc) is 2.27. The molecule has 4 nitrogen and oxygen atoms in total. The molecule has 2 fully saturated rings. The Morgan fingerprint density at radius 3 is 2.88 bits per heavy atom. The third kappa shape index (κ3) is 2.99. The number of carboxylic acid groups (broad SMARTS) is 1. The van der Waals surface area contributed by atoms with E-state index in [1.807, 2.05) is 0 Å². The Labute approximate surface area is 103 Å². The molecule has 0 bridgehead atoms. The molecule has 0 aromatic heterocycles. The van der Waals surface area contributed by atoms with Gasteiger partial charge < -0.3 is 9.84 Å². The van der Waals surface area contributed by atoms with Crippen LogP contribution in [0.2, 0.25) is 0 Å². The van der Waals surface area contributed by atoms with Crippen molar-refractivity contribution in [3.8, 4) is 0 Å². The van der Waals surface area contributed by atoms with Crippen molar-refractivity contribution < 1.29 is 14.6 Å². The van der Waals surface area contributed by atoms with Gasteiger partial charge in [0, 0.05) is 12.6 Å². The molecule has 1 aliphatic heterocycles. The van der Waals surface area contributed by atoms with Crippen LogP contribution < -0.4 is 0 Å². The van der Waals surface area contributed by atoms with E-state index in [1.165, 1.54) is 12.8 Å². The molecule has 17 heavy (non-hydrogen) atoms. The first-order valence-electron chi connectivity index (χ1n) is 6.56. The van der Waals surface area contributed by atoms with Gasteiger partial charge in [-0.1, -0.05) is 20.3 Å². The minimum absolute atomic E-state index is 0.340. The Morgan fingerprint density at radius 1 is 1.47 bits per heavy atom. The molecule has 1 saturated carbocycles. The van der Waals surface area contributed by atoms with Crippen LogP contribution in [-0.4, -0.2) is 47.8 Å². The zero-order valence-corrected chi connectivity index (χ0v) is 10.8. The number of carbonyl (C=O) groups is 1. The monoisotopic (exact) mass is 241 g/mol. The maximum atomic E-state index is 11.2. The van der Waals surface area contributed by atoms with Gasteiger partial charge >= 0.3 is 5.97 Å². The van der Waals surface area contributed by atoms with Crippen LogP contribution in [0.1, 0.15) is 39.5 Å². The Bertz CT molecular complexity index is 290. The van der Waals surface area contributed by atoms with Gasteiger partial charge in [0.25, 0.3) is 0 Å². The van der Waals surface area contributed by atoms with Crippen LogP contribution in [0.3, 0.4) is 0 Å². The number of hydrogen-bond donors (Lipinski definition) is 1. The lowest BCUT2D eigenvalue weighted by Crippen LogP contribution is -2.55. The number of ether oxygens (including phenoxy) is 1. The van der Waals surface area contributed by atoms with Gasteiger partial charge in [0.2, 0.25) is 0 Å². The van der Waals surface area contributed by atoms with Gasteiger partial charge in [0.05, 0.1) is 13.2 Å². The fourth-order valence-electron chi connectivity index (χ4n) is 3.21. The van der Waals surface area contributed by atoms with Crippen LogP contribution in [-0.2, 0) is 9.53 Å². The van der Waals surface area contributed by atoms with Crippen LogP contribution >= 0.6 is 0 Å². The van der Waals surface area contributed by atoms with E-state index in [-0.39, 0.29) is 0 Å². The van der Waals surface area contributed by atoms with E-state index in [9.17, 15) is 9.90 Å². The molecule has 0 radical (unpaired) electrons. The summed E-state index contributed by atoms with van der Waals surface area (Å²) in [5.41, 5.74) is 0.351. The Balaban J connectivity index is 2.05. The molecule has 0 amide bonds. The summed E-state index contributed by atoms with van der Waals surface area (Å²) in [5.74, 6) is -0.743. The lowest BCUT2D eigenvalue weighted by atomic mass is 9.74. The van der Waals surface area contributed by atoms with Crippen molar-refractivity contribution in [1.29, 1.82) is 0 Å². The highest BCUT2D eigenvalue weighted by molar-refractivity contribution is 5.73. The number of aliphatic carboxylic acids is 1. The largest absolute Gasteiger partial charge is 0.480 e. The first-order chi connectivity index (χ1) is 7.99. The lowest BCUT2D eigenvalue weighted by Gasteiger charge is -2.45. The molecule has 1 aliphatic carbocycles. The highest BCUT2D eigenvalue weighted by Gasteiger charge is 2.38. The van der Waals surface area contributed by atoms with Crippen molar-refractivity contribution in [1.82, 2.24) is 4.90 Å². The quantitative estimate of drug-likeness (QED) is 0.800. The van der Waals surface area contributed by atoms with Gasteiger partial charge in [-0.25, -0.2) is 0 Å². The molecule has 1 N–H and O–H groups in total. The van der Waals surface area contributed by atoms with E-state index >= 15 is 0 Å². The maximum Gasteiger partial charge on any atom is 0.323 e. The topological polar surface area (TPSA) is 49.8 Å². The van der Waals surface area contributed by atoms with Crippen LogP contribution in [0, 0.1) is 5.41 Å². The summed E-state index contributed by atoms with van der Waals surface area (Å²) in [4.78, 5) is 13.4. The number of carboxylic acids is 1. The van der Waals surface area contributed by atoms with Crippen LogP contribution in [0.4, 0.5) is 0 Å². The Kier molecular flexibility index (Phi) is 3.73.